The van der Waals surface area contributed by atoms with Crippen LogP contribution < -0.4 is 10.6 Å². The second-order valence-electron chi connectivity index (χ2n) is 3.63. The summed E-state index contributed by atoms with van der Waals surface area (Å²) in [6.45, 7) is 2.68. The van der Waals surface area contributed by atoms with E-state index in [-0.39, 0.29) is 0 Å². The second-order valence-corrected chi connectivity index (χ2v) is 4.78. The van der Waals surface area contributed by atoms with Crippen molar-refractivity contribution in [1.29, 1.82) is 0 Å². The van der Waals surface area contributed by atoms with Crippen molar-refractivity contribution in [2.75, 3.05) is 28.7 Å². The van der Waals surface area contributed by atoms with Crippen molar-refractivity contribution in [2.45, 2.75) is 19.4 Å². The Morgan fingerprint density at radius 1 is 1.62 bits per heavy atom. The van der Waals surface area contributed by atoms with E-state index in [4.69, 9.17) is 0 Å². The standard InChI is InChI=1S/C10H15FN4S/c1-2-12-10-13-5-8(11)9(15-10)14-7-3-4-16-6-7/h5,7H,2-4,6H2,1H3,(H2,12,13,14,15). The van der Waals surface area contributed by atoms with Gasteiger partial charge >= 0.3 is 0 Å². The van der Waals surface area contributed by atoms with Crippen molar-refractivity contribution < 1.29 is 4.39 Å². The average molecular weight is 242 g/mol. The smallest absolute Gasteiger partial charge is 0.224 e. The SMILES string of the molecule is CCNc1ncc(F)c(NC2CCSC2)n1. The first-order valence-electron chi connectivity index (χ1n) is 5.40. The lowest BCUT2D eigenvalue weighted by Gasteiger charge is -2.13. The van der Waals surface area contributed by atoms with Gasteiger partial charge in [-0.15, -0.1) is 0 Å². The van der Waals surface area contributed by atoms with Crippen molar-refractivity contribution in [1.82, 2.24) is 9.97 Å². The molecule has 1 aromatic rings. The van der Waals surface area contributed by atoms with Gasteiger partial charge in [-0.1, -0.05) is 0 Å². The fourth-order valence-electron chi connectivity index (χ4n) is 1.55. The van der Waals surface area contributed by atoms with E-state index in [1.54, 1.807) is 0 Å². The van der Waals surface area contributed by atoms with Crippen LogP contribution in [0.3, 0.4) is 0 Å². The lowest BCUT2D eigenvalue weighted by Crippen LogP contribution is -2.20. The molecule has 1 aromatic heterocycles. The predicted molar refractivity (Wildman–Crippen MR) is 65.5 cm³/mol. The molecule has 2 N–H and O–H groups in total. The Kier molecular flexibility index (Phi) is 3.82. The van der Waals surface area contributed by atoms with E-state index in [0.717, 1.165) is 24.5 Å². The highest BCUT2D eigenvalue weighted by Gasteiger charge is 2.17. The van der Waals surface area contributed by atoms with Crippen LogP contribution in [0, 0.1) is 5.82 Å². The van der Waals surface area contributed by atoms with Gasteiger partial charge in [0.2, 0.25) is 5.95 Å². The van der Waals surface area contributed by atoms with E-state index < -0.39 is 5.82 Å². The van der Waals surface area contributed by atoms with Crippen molar-refractivity contribution in [3.8, 4) is 0 Å². The first-order chi connectivity index (χ1) is 7.79. The first kappa shape index (κ1) is 11.4. The van der Waals surface area contributed by atoms with Crippen molar-refractivity contribution in [3.63, 3.8) is 0 Å². The number of hydrogen-bond acceptors (Lipinski definition) is 5. The number of nitrogens with one attached hydrogen (secondary N) is 2. The third-order valence-electron chi connectivity index (χ3n) is 2.35. The van der Waals surface area contributed by atoms with Crippen LogP contribution in [0.15, 0.2) is 6.20 Å². The van der Waals surface area contributed by atoms with E-state index in [9.17, 15) is 4.39 Å². The molecule has 4 nitrogen and oxygen atoms in total. The quantitative estimate of drug-likeness (QED) is 0.845. The van der Waals surface area contributed by atoms with Gasteiger partial charge in [-0.05, 0) is 19.1 Å². The number of thioether (sulfide) groups is 1. The largest absolute Gasteiger partial charge is 0.364 e. The molecular weight excluding hydrogens is 227 g/mol. The predicted octanol–water partition coefficient (Wildman–Crippen LogP) is 1.96. The molecule has 1 aliphatic rings. The summed E-state index contributed by atoms with van der Waals surface area (Å²) in [7, 11) is 0. The molecule has 1 aliphatic heterocycles. The summed E-state index contributed by atoms with van der Waals surface area (Å²) in [5.74, 6) is 2.53. The topological polar surface area (TPSA) is 49.8 Å². The summed E-state index contributed by atoms with van der Waals surface area (Å²) in [6.07, 6.45) is 2.26. The van der Waals surface area contributed by atoms with Crippen LogP contribution in [0.1, 0.15) is 13.3 Å². The van der Waals surface area contributed by atoms with Gasteiger partial charge in [0.15, 0.2) is 11.6 Å². The number of rotatable bonds is 4. The van der Waals surface area contributed by atoms with Gasteiger partial charge in [0, 0.05) is 18.3 Å². The molecule has 2 rings (SSSR count). The molecule has 1 saturated heterocycles. The normalized spacial score (nSPS) is 19.8. The molecule has 1 fully saturated rings. The molecule has 0 spiro atoms. The first-order valence-corrected chi connectivity index (χ1v) is 6.55. The highest BCUT2D eigenvalue weighted by Crippen LogP contribution is 2.22. The summed E-state index contributed by atoms with van der Waals surface area (Å²) in [5.41, 5.74) is 0. The molecule has 88 valence electrons. The number of halogens is 1. The Balaban J connectivity index is 2.08. The lowest BCUT2D eigenvalue weighted by molar-refractivity contribution is 0.613. The van der Waals surface area contributed by atoms with Crippen LogP contribution in [0.25, 0.3) is 0 Å². The van der Waals surface area contributed by atoms with Crippen molar-refractivity contribution in [2.24, 2.45) is 0 Å². The third kappa shape index (κ3) is 2.75. The van der Waals surface area contributed by atoms with Gasteiger partial charge in [0.05, 0.1) is 6.20 Å². The van der Waals surface area contributed by atoms with Crippen molar-refractivity contribution >= 4 is 23.5 Å². The monoisotopic (exact) mass is 242 g/mol. The summed E-state index contributed by atoms with van der Waals surface area (Å²) in [6, 6.07) is 0.323. The molecule has 0 saturated carbocycles. The zero-order chi connectivity index (χ0) is 11.4. The number of hydrogen-bond donors (Lipinski definition) is 2. The Labute approximate surface area is 98.4 Å². The zero-order valence-corrected chi connectivity index (χ0v) is 9.98. The molecular formula is C10H15FN4S. The molecule has 1 unspecified atom stereocenters. The van der Waals surface area contributed by atoms with Crippen LogP contribution in [-0.2, 0) is 0 Å². The van der Waals surface area contributed by atoms with Crippen LogP contribution in [0.2, 0.25) is 0 Å². The molecule has 2 heterocycles. The minimum atomic E-state index is -0.390. The van der Waals surface area contributed by atoms with Crippen LogP contribution in [-0.4, -0.2) is 34.1 Å². The van der Waals surface area contributed by atoms with E-state index in [2.05, 4.69) is 20.6 Å². The average Bonchev–Trinajstić information content (AvgIpc) is 2.76. The molecule has 0 aliphatic carbocycles. The number of anilines is 2. The molecule has 0 radical (unpaired) electrons. The maximum atomic E-state index is 13.4. The van der Waals surface area contributed by atoms with Gasteiger partial charge in [0.25, 0.3) is 0 Å². The van der Waals surface area contributed by atoms with E-state index in [1.165, 1.54) is 6.20 Å². The highest BCUT2D eigenvalue weighted by molar-refractivity contribution is 7.99. The molecule has 0 aromatic carbocycles. The van der Waals surface area contributed by atoms with Crippen LogP contribution in [0.5, 0.6) is 0 Å². The van der Waals surface area contributed by atoms with E-state index >= 15 is 0 Å². The van der Waals surface area contributed by atoms with Gasteiger partial charge in [0.1, 0.15) is 0 Å². The van der Waals surface area contributed by atoms with E-state index in [0.29, 0.717) is 17.8 Å². The maximum absolute atomic E-state index is 13.4. The number of nitrogens with zero attached hydrogens (tertiary/aromatic N) is 2. The lowest BCUT2D eigenvalue weighted by atomic mass is 10.2. The minimum Gasteiger partial charge on any atom is -0.364 e. The third-order valence-corrected chi connectivity index (χ3v) is 3.51. The fraction of sp³-hybridized carbons (Fsp3) is 0.600. The summed E-state index contributed by atoms with van der Waals surface area (Å²) >= 11 is 1.88. The number of aromatic nitrogens is 2. The molecule has 1 atom stereocenters. The Morgan fingerprint density at radius 2 is 2.50 bits per heavy atom. The van der Waals surface area contributed by atoms with Gasteiger partial charge in [-0.2, -0.15) is 16.7 Å². The summed E-state index contributed by atoms with van der Waals surface area (Å²) in [4.78, 5) is 7.97. The van der Waals surface area contributed by atoms with Crippen LogP contribution in [0.4, 0.5) is 16.2 Å². The van der Waals surface area contributed by atoms with E-state index in [1.807, 2.05) is 18.7 Å². The zero-order valence-electron chi connectivity index (χ0n) is 9.16. The molecule has 6 heteroatoms. The summed E-state index contributed by atoms with van der Waals surface area (Å²) in [5, 5.41) is 6.09. The molecule has 16 heavy (non-hydrogen) atoms. The Morgan fingerprint density at radius 3 is 3.19 bits per heavy atom. The van der Waals surface area contributed by atoms with Crippen molar-refractivity contribution in [3.05, 3.63) is 12.0 Å². The fourth-order valence-corrected chi connectivity index (χ4v) is 2.71. The second kappa shape index (κ2) is 5.34. The minimum absolute atomic E-state index is 0.304. The Bertz CT molecular complexity index is 355. The summed E-state index contributed by atoms with van der Waals surface area (Å²) < 4.78 is 13.4. The van der Waals surface area contributed by atoms with Gasteiger partial charge < -0.3 is 10.6 Å². The van der Waals surface area contributed by atoms with Gasteiger partial charge in [-0.3, -0.25) is 0 Å². The van der Waals surface area contributed by atoms with Gasteiger partial charge in [-0.25, -0.2) is 9.37 Å². The Hall–Kier alpha value is -1.04. The molecule has 0 bridgehead atoms. The highest BCUT2D eigenvalue weighted by atomic mass is 32.2. The molecule has 0 amide bonds. The maximum Gasteiger partial charge on any atom is 0.224 e. The van der Waals surface area contributed by atoms with Crippen LogP contribution >= 0.6 is 11.8 Å².